The van der Waals surface area contributed by atoms with Crippen LogP contribution in [0.15, 0.2) is 36.4 Å². The molecule has 1 nitrogen and oxygen atoms in total. The first-order valence-electron chi connectivity index (χ1n) is 8.46. The van der Waals surface area contributed by atoms with Crippen LogP contribution < -0.4 is 0 Å². The zero-order valence-corrected chi connectivity index (χ0v) is 15.5. The van der Waals surface area contributed by atoms with Gasteiger partial charge < -0.3 is 0 Å². The monoisotopic (exact) mass is 439 g/mol. The van der Waals surface area contributed by atoms with E-state index in [1.165, 1.54) is 13.0 Å². The number of alkyl halides is 9. The molecule has 30 heavy (non-hydrogen) atoms. The summed E-state index contributed by atoms with van der Waals surface area (Å²) in [7, 11) is 0. The van der Waals surface area contributed by atoms with Gasteiger partial charge in [0.25, 0.3) is 0 Å². The Morgan fingerprint density at radius 2 is 1.37 bits per heavy atom. The molecule has 0 aliphatic heterocycles. The third kappa shape index (κ3) is 3.61. The highest BCUT2D eigenvalue weighted by Gasteiger charge is 2.82. The molecular weight excluding hydrogens is 425 g/mol. The molecule has 10 heteroatoms. The largest absolute Gasteiger partial charge is 0.457 e. The molecule has 0 radical (unpaired) electrons. The van der Waals surface area contributed by atoms with Gasteiger partial charge in [-0.1, -0.05) is 36.8 Å². The van der Waals surface area contributed by atoms with E-state index in [1.807, 2.05) is 0 Å². The van der Waals surface area contributed by atoms with Crippen LogP contribution in [0.25, 0.3) is 11.1 Å². The summed E-state index contributed by atoms with van der Waals surface area (Å²) >= 11 is 0. The molecule has 0 aliphatic carbocycles. The number of nitriles is 1. The summed E-state index contributed by atoms with van der Waals surface area (Å²) in [6.07, 6.45) is -13.5. The quantitative estimate of drug-likeness (QED) is 0.470. The summed E-state index contributed by atoms with van der Waals surface area (Å²) in [5, 5.41) is 8.84. The second-order valence-corrected chi connectivity index (χ2v) is 6.62. The van der Waals surface area contributed by atoms with Crippen molar-refractivity contribution in [2.24, 2.45) is 0 Å². The van der Waals surface area contributed by atoms with Crippen LogP contribution in [-0.2, 0) is 12.1 Å². The maximum Gasteiger partial charge on any atom is 0.457 e. The van der Waals surface area contributed by atoms with Gasteiger partial charge in [0.15, 0.2) is 0 Å². The summed E-state index contributed by atoms with van der Waals surface area (Å²) in [4.78, 5) is 0. The van der Waals surface area contributed by atoms with E-state index >= 15 is 4.39 Å². The van der Waals surface area contributed by atoms with Crippen LogP contribution in [0.1, 0.15) is 29.2 Å². The molecule has 0 heterocycles. The zero-order valence-electron chi connectivity index (χ0n) is 15.5. The molecule has 0 bridgehead atoms. The van der Waals surface area contributed by atoms with Crippen molar-refractivity contribution in [3.8, 4) is 17.2 Å². The van der Waals surface area contributed by atoms with Crippen LogP contribution >= 0.6 is 0 Å². The lowest BCUT2D eigenvalue weighted by Crippen LogP contribution is -2.60. The van der Waals surface area contributed by atoms with Gasteiger partial charge in [0, 0.05) is 5.56 Å². The van der Waals surface area contributed by atoms with Crippen molar-refractivity contribution in [3.05, 3.63) is 58.7 Å². The van der Waals surface area contributed by atoms with Crippen molar-refractivity contribution in [2.75, 3.05) is 0 Å². The van der Waals surface area contributed by atoms with Crippen LogP contribution in [0.4, 0.5) is 39.5 Å². The summed E-state index contributed by atoms with van der Waals surface area (Å²) in [5.74, 6) is -6.77. The molecule has 2 aromatic carbocycles. The first kappa shape index (κ1) is 23.6. The van der Waals surface area contributed by atoms with E-state index in [0.717, 1.165) is 31.2 Å². The lowest BCUT2D eigenvalue weighted by molar-refractivity contribution is -0.389. The molecule has 2 aromatic rings. The summed E-state index contributed by atoms with van der Waals surface area (Å²) in [5.41, 5.74) is -8.95. The standard InChI is InChI=1S/C20H14F9N/c1-3-13-8-11(2)9-15(16(13)14-6-4-12(10-30)5-7-14)17(21,19(24,25)26)18(22,23)20(27,28)29/h4-9H,3H2,1-2H3. The Bertz CT molecular complexity index is 966. The molecule has 162 valence electrons. The molecule has 0 saturated carbocycles. The molecule has 2 rings (SSSR count). The number of halogens is 9. The minimum Gasteiger partial charge on any atom is -0.221 e. The lowest BCUT2D eigenvalue weighted by Gasteiger charge is -2.37. The fourth-order valence-corrected chi connectivity index (χ4v) is 3.16. The number of rotatable bonds is 4. The SMILES string of the molecule is CCc1cc(C)cc(C(F)(C(F)(F)F)C(F)(F)C(F)(F)F)c1-c1ccc(C#N)cc1. The number of aryl methyl sites for hydroxylation is 2. The van der Waals surface area contributed by atoms with Gasteiger partial charge in [-0.2, -0.15) is 40.4 Å². The van der Waals surface area contributed by atoms with Crippen LogP contribution in [0.2, 0.25) is 0 Å². The highest BCUT2D eigenvalue weighted by Crippen LogP contribution is 2.60. The van der Waals surface area contributed by atoms with Gasteiger partial charge in [-0.25, -0.2) is 4.39 Å². The minimum atomic E-state index is -6.81. The summed E-state index contributed by atoms with van der Waals surface area (Å²) in [6.45, 7) is 2.59. The lowest BCUT2D eigenvalue weighted by atomic mass is 9.79. The molecule has 0 aromatic heterocycles. The Hall–Kier alpha value is -2.70. The van der Waals surface area contributed by atoms with E-state index in [4.69, 9.17) is 5.26 Å². The normalized spacial score (nSPS) is 14.9. The highest BCUT2D eigenvalue weighted by atomic mass is 19.4. The van der Waals surface area contributed by atoms with Crippen molar-refractivity contribution in [3.63, 3.8) is 0 Å². The van der Waals surface area contributed by atoms with Gasteiger partial charge in [-0.3, -0.25) is 0 Å². The number of nitrogens with zero attached hydrogens (tertiary/aromatic N) is 1. The number of benzene rings is 2. The smallest absolute Gasteiger partial charge is 0.221 e. The number of hydrogen-bond donors (Lipinski definition) is 0. The molecule has 0 spiro atoms. The Kier molecular flexibility index (Phi) is 5.91. The van der Waals surface area contributed by atoms with Gasteiger partial charge in [0.1, 0.15) is 0 Å². The summed E-state index contributed by atoms with van der Waals surface area (Å²) in [6, 6.07) is 7.75. The number of hydrogen-bond acceptors (Lipinski definition) is 1. The van der Waals surface area contributed by atoms with E-state index in [-0.39, 0.29) is 28.7 Å². The molecule has 1 atom stereocenters. The van der Waals surface area contributed by atoms with Crippen LogP contribution in [-0.4, -0.2) is 18.3 Å². The Balaban J connectivity index is 3.02. The molecule has 0 saturated heterocycles. The van der Waals surface area contributed by atoms with Crippen LogP contribution in [0.5, 0.6) is 0 Å². The Morgan fingerprint density at radius 1 is 0.833 bits per heavy atom. The molecule has 0 fully saturated rings. The third-order valence-electron chi connectivity index (χ3n) is 4.60. The zero-order chi connectivity index (χ0) is 23.1. The van der Waals surface area contributed by atoms with Gasteiger partial charge >= 0.3 is 23.9 Å². The van der Waals surface area contributed by atoms with Crippen molar-refractivity contribution in [1.82, 2.24) is 0 Å². The van der Waals surface area contributed by atoms with Gasteiger partial charge in [0.2, 0.25) is 0 Å². The fourth-order valence-electron chi connectivity index (χ4n) is 3.16. The third-order valence-corrected chi connectivity index (χ3v) is 4.60. The molecule has 0 N–H and O–H groups in total. The van der Waals surface area contributed by atoms with Crippen molar-refractivity contribution in [1.29, 1.82) is 5.26 Å². The first-order chi connectivity index (χ1) is 13.6. The predicted molar refractivity (Wildman–Crippen MR) is 90.6 cm³/mol. The highest BCUT2D eigenvalue weighted by molar-refractivity contribution is 5.74. The molecule has 1 unspecified atom stereocenters. The average Bonchev–Trinajstić information content (AvgIpc) is 2.64. The minimum absolute atomic E-state index is 0.0565. The van der Waals surface area contributed by atoms with E-state index in [9.17, 15) is 35.1 Å². The van der Waals surface area contributed by atoms with E-state index in [2.05, 4.69) is 0 Å². The second-order valence-electron chi connectivity index (χ2n) is 6.62. The predicted octanol–water partition coefficient (Wildman–Crippen LogP) is 7.02. The molecular formula is C20H14F9N. The van der Waals surface area contributed by atoms with Gasteiger partial charge in [0.05, 0.1) is 11.6 Å². The van der Waals surface area contributed by atoms with Crippen molar-refractivity contribution >= 4 is 0 Å². The van der Waals surface area contributed by atoms with Crippen LogP contribution in [0.3, 0.4) is 0 Å². The van der Waals surface area contributed by atoms with E-state index < -0.39 is 35.1 Å². The summed E-state index contributed by atoms with van der Waals surface area (Å²) < 4.78 is 123. The van der Waals surface area contributed by atoms with Crippen LogP contribution in [0, 0.1) is 18.3 Å². The maximum absolute atomic E-state index is 15.2. The van der Waals surface area contributed by atoms with E-state index in [0.29, 0.717) is 6.07 Å². The topological polar surface area (TPSA) is 23.8 Å². The van der Waals surface area contributed by atoms with Gasteiger partial charge in [-0.05, 0) is 42.2 Å². The van der Waals surface area contributed by atoms with E-state index in [1.54, 1.807) is 6.07 Å². The maximum atomic E-state index is 15.2. The Morgan fingerprint density at radius 3 is 1.77 bits per heavy atom. The van der Waals surface area contributed by atoms with Gasteiger partial charge in [-0.15, -0.1) is 0 Å². The second kappa shape index (κ2) is 7.52. The molecule has 0 amide bonds. The Labute approximate surface area is 165 Å². The van der Waals surface area contributed by atoms with Crippen molar-refractivity contribution in [2.45, 2.75) is 44.2 Å². The fraction of sp³-hybridized carbons (Fsp3) is 0.350. The van der Waals surface area contributed by atoms with Crippen molar-refractivity contribution < 1.29 is 39.5 Å². The average molecular weight is 439 g/mol. The molecule has 0 aliphatic rings. The first-order valence-corrected chi connectivity index (χ1v) is 8.46.